The highest BCUT2D eigenvalue weighted by atomic mass is 32.2. The van der Waals surface area contributed by atoms with Crippen LogP contribution in [0.3, 0.4) is 0 Å². The summed E-state index contributed by atoms with van der Waals surface area (Å²) >= 11 is 3.96. The van der Waals surface area contributed by atoms with Gasteiger partial charge in [0.25, 0.3) is 5.91 Å². The average molecular weight is 387 g/mol. The second-order valence-electron chi connectivity index (χ2n) is 6.58. The summed E-state index contributed by atoms with van der Waals surface area (Å²) in [5, 5.41) is 2.99. The van der Waals surface area contributed by atoms with Crippen molar-refractivity contribution in [3.8, 4) is 0 Å². The number of carbonyl (C=O) groups is 1. The van der Waals surface area contributed by atoms with Crippen LogP contribution in [0.1, 0.15) is 41.3 Å². The third-order valence-corrected chi connectivity index (χ3v) is 7.59. The Morgan fingerprint density at radius 3 is 2.23 bits per heavy atom. The van der Waals surface area contributed by atoms with Crippen LogP contribution < -0.4 is 10.2 Å². The van der Waals surface area contributed by atoms with Crippen LogP contribution in [0, 0.1) is 0 Å². The lowest BCUT2D eigenvalue weighted by molar-refractivity contribution is 0.102. The van der Waals surface area contributed by atoms with Crippen LogP contribution in [0.5, 0.6) is 0 Å². The van der Waals surface area contributed by atoms with Gasteiger partial charge in [-0.25, -0.2) is 0 Å². The Labute approximate surface area is 164 Å². The van der Waals surface area contributed by atoms with Crippen LogP contribution >= 0.6 is 23.5 Å². The third-order valence-electron chi connectivity index (χ3n) is 4.49. The van der Waals surface area contributed by atoms with E-state index in [4.69, 9.17) is 0 Å². The highest BCUT2D eigenvalue weighted by Gasteiger charge is 2.18. The largest absolute Gasteiger partial charge is 0.369 e. The first kappa shape index (κ1) is 19.2. The van der Waals surface area contributed by atoms with Crippen LogP contribution in [0.25, 0.3) is 0 Å². The third kappa shape index (κ3) is 4.57. The van der Waals surface area contributed by atoms with Gasteiger partial charge in [-0.2, -0.15) is 0 Å². The fourth-order valence-corrected chi connectivity index (χ4v) is 5.99. The molecule has 5 heteroatoms. The molecule has 0 aromatic heterocycles. The topological polar surface area (TPSA) is 32.3 Å². The predicted molar refractivity (Wildman–Crippen MR) is 117 cm³/mol. The molecule has 0 aliphatic carbocycles. The maximum atomic E-state index is 12.5. The fourth-order valence-electron chi connectivity index (χ4n) is 3.13. The van der Waals surface area contributed by atoms with Gasteiger partial charge in [0.1, 0.15) is 0 Å². The number of anilines is 2. The van der Waals surface area contributed by atoms with E-state index in [0.717, 1.165) is 12.2 Å². The minimum atomic E-state index is -0.0627. The molecule has 1 fully saturated rings. The zero-order chi connectivity index (χ0) is 18.5. The molecule has 0 bridgehead atoms. The van der Waals surface area contributed by atoms with Crippen LogP contribution in [0.4, 0.5) is 11.4 Å². The van der Waals surface area contributed by atoms with Gasteiger partial charge in [-0.15, -0.1) is 23.5 Å². The molecule has 2 aromatic rings. The summed E-state index contributed by atoms with van der Waals surface area (Å²) in [6.45, 7) is 7.49. The quantitative estimate of drug-likeness (QED) is 0.695. The second-order valence-corrected chi connectivity index (χ2v) is 9.30. The van der Waals surface area contributed by atoms with Gasteiger partial charge in [-0.1, -0.05) is 12.1 Å². The minimum Gasteiger partial charge on any atom is -0.369 e. The van der Waals surface area contributed by atoms with E-state index < -0.39 is 0 Å². The van der Waals surface area contributed by atoms with E-state index in [-0.39, 0.29) is 5.91 Å². The zero-order valence-corrected chi connectivity index (χ0v) is 17.2. The molecule has 138 valence electrons. The maximum Gasteiger partial charge on any atom is 0.255 e. The Kier molecular flexibility index (Phi) is 6.54. The van der Waals surface area contributed by atoms with Gasteiger partial charge < -0.3 is 10.2 Å². The molecule has 1 heterocycles. The number of hydrogen-bond acceptors (Lipinski definition) is 4. The van der Waals surface area contributed by atoms with Crippen molar-refractivity contribution in [3.05, 3.63) is 59.7 Å². The monoisotopic (exact) mass is 386 g/mol. The molecule has 1 N–H and O–H groups in total. The lowest BCUT2D eigenvalue weighted by Crippen LogP contribution is -2.30. The Morgan fingerprint density at radius 1 is 1.08 bits per heavy atom. The van der Waals surface area contributed by atoms with Crippen molar-refractivity contribution in [1.82, 2.24) is 0 Å². The molecule has 0 unspecified atom stereocenters. The lowest BCUT2D eigenvalue weighted by atomic mass is 10.1. The summed E-state index contributed by atoms with van der Waals surface area (Å²) in [4.78, 5) is 14.8. The highest BCUT2D eigenvalue weighted by molar-refractivity contribution is 8.19. The summed E-state index contributed by atoms with van der Waals surface area (Å²) < 4.78 is 0.516. The van der Waals surface area contributed by atoms with E-state index in [1.165, 1.54) is 22.8 Å². The molecule has 1 saturated heterocycles. The lowest BCUT2D eigenvalue weighted by Gasteiger charge is -2.27. The van der Waals surface area contributed by atoms with Crippen LogP contribution in [0.15, 0.2) is 48.5 Å². The van der Waals surface area contributed by atoms with Crippen molar-refractivity contribution in [2.45, 2.75) is 31.4 Å². The Morgan fingerprint density at radius 2 is 1.69 bits per heavy atom. The number of nitrogens with one attached hydrogen (secondary N) is 1. The molecule has 2 aromatic carbocycles. The van der Waals surface area contributed by atoms with Crippen LogP contribution in [-0.2, 0) is 0 Å². The van der Waals surface area contributed by atoms with E-state index in [2.05, 4.69) is 55.3 Å². The predicted octanol–water partition coefficient (Wildman–Crippen LogP) is 5.65. The number of hydrogen-bond donors (Lipinski definition) is 1. The molecule has 1 aliphatic rings. The van der Waals surface area contributed by atoms with Crippen molar-refractivity contribution >= 4 is 40.8 Å². The zero-order valence-electron chi connectivity index (χ0n) is 15.6. The number of thioether (sulfide) groups is 2. The standard InChI is InChI=1S/C21H26N2OS2/c1-4-23(15(2)3)19-11-9-18(10-12-19)22-20(24)16-5-7-17(8-6-16)21-25-13-14-26-21/h5-12,15,21H,4,13-14H2,1-3H3,(H,22,24). The normalized spacial score (nSPS) is 14.6. The molecular weight excluding hydrogens is 360 g/mol. The molecule has 0 atom stereocenters. The van der Waals surface area contributed by atoms with Crippen LogP contribution in [-0.4, -0.2) is 30.0 Å². The van der Waals surface area contributed by atoms with E-state index in [1.54, 1.807) is 0 Å². The number of amides is 1. The molecule has 3 rings (SSSR count). The first-order valence-corrected chi connectivity index (χ1v) is 11.2. The average Bonchev–Trinajstić information content (AvgIpc) is 3.18. The van der Waals surface area contributed by atoms with Crippen LogP contribution in [0.2, 0.25) is 0 Å². The molecule has 3 nitrogen and oxygen atoms in total. The van der Waals surface area contributed by atoms with Gasteiger partial charge in [0.05, 0.1) is 4.58 Å². The van der Waals surface area contributed by atoms with Gasteiger partial charge in [0.15, 0.2) is 0 Å². The van der Waals surface area contributed by atoms with Crippen molar-refractivity contribution in [2.75, 3.05) is 28.3 Å². The number of carbonyl (C=O) groups excluding carboxylic acids is 1. The molecule has 1 amide bonds. The van der Waals surface area contributed by atoms with Gasteiger partial charge in [-0.3, -0.25) is 4.79 Å². The van der Waals surface area contributed by atoms with Gasteiger partial charge in [-0.05, 0) is 62.7 Å². The molecule has 26 heavy (non-hydrogen) atoms. The summed E-state index contributed by atoms with van der Waals surface area (Å²) in [6, 6.07) is 16.5. The highest BCUT2D eigenvalue weighted by Crippen LogP contribution is 2.45. The van der Waals surface area contributed by atoms with Crippen molar-refractivity contribution in [3.63, 3.8) is 0 Å². The van der Waals surface area contributed by atoms with Crippen molar-refractivity contribution in [2.24, 2.45) is 0 Å². The second kappa shape index (κ2) is 8.87. The van der Waals surface area contributed by atoms with E-state index in [9.17, 15) is 4.79 Å². The summed E-state index contributed by atoms with van der Waals surface area (Å²) in [5.74, 6) is 2.35. The van der Waals surface area contributed by atoms with Gasteiger partial charge in [0.2, 0.25) is 0 Å². The first-order valence-electron chi connectivity index (χ1n) is 9.09. The number of nitrogens with zero attached hydrogens (tertiary/aromatic N) is 1. The minimum absolute atomic E-state index is 0.0627. The SMILES string of the molecule is CCN(c1ccc(NC(=O)c2ccc(C3SCCS3)cc2)cc1)C(C)C. The molecule has 1 aliphatic heterocycles. The smallest absolute Gasteiger partial charge is 0.255 e. The Balaban J connectivity index is 1.64. The van der Waals surface area contributed by atoms with Gasteiger partial charge in [0, 0.05) is 41.0 Å². The maximum absolute atomic E-state index is 12.5. The molecule has 0 saturated carbocycles. The molecular formula is C21H26N2OS2. The molecule has 0 radical (unpaired) electrons. The summed E-state index contributed by atoms with van der Waals surface area (Å²) in [6.07, 6.45) is 0. The fraction of sp³-hybridized carbons (Fsp3) is 0.381. The Hall–Kier alpha value is -1.59. The molecule has 0 spiro atoms. The Bertz CT molecular complexity index is 723. The number of benzene rings is 2. The van der Waals surface area contributed by atoms with E-state index >= 15 is 0 Å². The van der Waals surface area contributed by atoms with Crippen molar-refractivity contribution in [1.29, 1.82) is 0 Å². The summed E-state index contributed by atoms with van der Waals surface area (Å²) in [7, 11) is 0. The van der Waals surface area contributed by atoms with Gasteiger partial charge >= 0.3 is 0 Å². The van der Waals surface area contributed by atoms with E-state index in [1.807, 2.05) is 47.8 Å². The first-order chi connectivity index (χ1) is 12.6. The van der Waals surface area contributed by atoms with E-state index in [0.29, 0.717) is 16.2 Å². The summed E-state index contributed by atoms with van der Waals surface area (Å²) in [5.41, 5.74) is 4.00. The number of rotatable bonds is 6. The van der Waals surface area contributed by atoms with Crippen molar-refractivity contribution < 1.29 is 4.79 Å².